The molecule has 0 spiro atoms. The molecule has 12 nitrogen and oxygen atoms in total. The second-order valence-electron chi connectivity index (χ2n) is 19.0. The van der Waals surface area contributed by atoms with E-state index in [2.05, 4.69) is 0 Å². The van der Waals surface area contributed by atoms with Crippen molar-refractivity contribution in [1.82, 2.24) is 0 Å². The molecule has 0 amide bonds. The molecule has 6 saturated carbocycles. The SMILES string of the molecule is C[C@]12C=CC(=O)C=C1CCC1C3CC(O[B]OC4CC5C6CCC7=CC(=O)C=C[C@]7(C)C6(F)[C@@H](O)C[C@]5(C)C4(O)C(=O)CO)C(O)(C(=O)CO)[C@@]3(C)C[C@H](O)C12F. The van der Waals surface area contributed by atoms with Crippen LogP contribution in [0.3, 0.4) is 0 Å². The van der Waals surface area contributed by atoms with Gasteiger partial charge in [0.1, 0.15) is 13.2 Å². The highest BCUT2D eigenvalue weighted by Crippen LogP contribution is 2.72. The van der Waals surface area contributed by atoms with E-state index in [1.807, 2.05) is 0 Å². The van der Waals surface area contributed by atoms with Crippen LogP contribution in [0.4, 0.5) is 8.78 Å². The Morgan fingerprint density at radius 1 is 0.702 bits per heavy atom. The number of carbonyl (C=O) groups excluding carboxylic acids is 4. The van der Waals surface area contributed by atoms with E-state index in [-0.39, 0.29) is 50.1 Å². The minimum atomic E-state index is -2.47. The fourth-order valence-electron chi connectivity index (χ4n) is 14.1. The molecule has 0 heterocycles. The summed E-state index contributed by atoms with van der Waals surface area (Å²) < 4.78 is 47.6. The van der Waals surface area contributed by atoms with E-state index in [1.54, 1.807) is 27.7 Å². The standard InChI is InChI=1S/C42H52BF2O12/c1-35-11-9-23(48)13-21(35)5-7-25-27-15-33(41(54,31(52)19-46)37(27,3)17-29(50)39(25,35)44)56-43-57-34-16-28-26-8-6-22-14-24(49)10-12-36(22,2)40(26,45)30(51)18-38(28,4)42(34,55)32(53)20-47/h9-14,25-30,33-34,46-47,50-51,54-55H,5-8,15-20H2,1-4H3/t25?,26?,27?,28?,29-,30-,33?,34?,35-,36-,37-,38-,39?,40?,41?,42?/m0/s1. The molecule has 57 heavy (non-hydrogen) atoms. The van der Waals surface area contributed by atoms with Crippen LogP contribution in [-0.4, -0.2) is 122 Å². The number of fused-ring (bicyclic) bond motifs is 10. The van der Waals surface area contributed by atoms with Crippen LogP contribution >= 0.6 is 0 Å². The normalized spacial score (nSPS) is 52.1. The Kier molecular flexibility index (Phi) is 9.26. The van der Waals surface area contributed by atoms with Gasteiger partial charge >= 0.3 is 7.69 Å². The average Bonchev–Trinajstić information content (AvgIpc) is 3.52. The number of hydrogen-bond donors (Lipinski definition) is 6. The van der Waals surface area contributed by atoms with Crippen LogP contribution in [0.2, 0.25) is 0 Å². The minimum absolute atomic E-state index is 0.118. The number of halogens is 2. The predicted octanol–water partition coefficient (Wildman–Crippen LogP) is 1.84. The summed E-state index contributed by atoms with van der Waals surface area (Å²) in [7, 11) is 0.775. The van der Waals surface area contributed by atoms with Crippen molar-refractivity contribution in [3.05, 3.63) is 47.6 Å². The highest BCUT2D eigenvalue weighted by Gasteiger charge is 2.78. The number of aliphatic hydroxyl groups excluding tert-OH is 4. The van der Waals surface area contributed by atoms with Crippen molar-refractivity contribution >= 4 is 30.8 Å². The van der Waals surface area contributed by atoms with Gasteiger partial charge in [-0.1, -0.05) is 37.1 Å². The maximum atomic E-state index is 17.8. The van der Waals surface area contributed by atoms with Gasteiger partial charge in [-0.25, -0.2) is 8.78 Å². The zero-order valence-corrected chi connectivity index (χ0v) is 32.6. The van der Waals surface area contributed by atoms with Crippen LogP contribution in [0.5, 0.6) is 0 Å². The Morgan fingerprint density at radius 2 is 1.07 bits per heavy atom. The highest BCUT2D eigenvalue weighted by atomic mass is 19.1. The number of Topliss-reactive ketones (excluding diaryl/α,β-unsaturated/α-hetero) is 2. The molecule has 15 heteroatoms. The van der Waals surface area contributed by atoms with Crippen molar-refractivity contribution in [2.75, 3.05) is 13.2 Å². The van der Waals surface area contributed by atoms with E-state index in [9.17, 15) is 49.8 Å². The molecule has 0 aliphatic heterocycles. The molecule has 8 aliphatic rings. The summed E-state index contributed by atoms with van der Waals surface area (Å²) in [5.74, 6) is -5.98. The van der Waals surface area contributed by atoms with Crippen LogP contribution in [0.25, 0.3) is 0 Å². The lowest BCUT2D eigenvalue weighted by Crippen LogP contribution is -2.70. The number of hydrogen-bond acceptors (Lipinski definition) is 12. The van der Waals surface area contributed by atoms with Gasteiger partial charge in [0.15, 0.2) is 45.7 Å². The molecule has 0 bridgehead atoms. The van der Waals surface area contributed by atoms with E-state index >= 15 is 8.78 Å². The maximum Gasteiger partial charge on any atom is 0.488 e. The van der Waals surface area contributed by atoms with Crippen molar-refractivity contribution in [2.45, 2.75) is 126 Å². The molecule has 8 rings (SSSR count). The summed E-state index contributed by atoms with van der Waals surface area (Å²) in [6.45, 7) is 4.18. The third-order valence-corrected chi connectivity index (χ3v) is 17.2. The van der Waals surface area contributed by atoms with Crippen molar-refractivity contribution in [1.29, 1.82) is 0 Å². The number of aliphatic hydroxyl groups is 6. The number of allylic oxidation sites excluding steroid dienone is 8. The fourth-order valence-corrected chi connectivity index (χ4v) is 14.1. The first-order valence-electron chi connectivity index (χ1n) is 20.1. The highest BCUT2D eigenvalue weighted by molar-refractivity contribution is 6.18. The average molecular weight is 798 g/mol. The first kappa shape index (κ1) is 41.0. The predicted molar refractivity (Wildman–Crippen MR) is 197 cm³/mol. The molecular weight excluding hydrogens is 745 g/mol. The molecule has 6 fully saturated rings. The van der Waals surface area contributed by atoms with Crippen molar-refractivity contribution in [3.63, 3.8) is 0 Å². The molecule has 10 unspecified atom stereocenters. The third kappa shape index (κ3) is 4.77. The fraction of sp³-hybridized carbons (Fsp3) is 0.714. The molecule has 16 atom stereocenters. The lowest BCUT2D eigenvalue weighted by molar-refractivity contribution is -0.223. The summed E-state index contributed by atoms with van der Waals surface area (Å²) in [5.41, 5.74) is -14.1. The maximum absolute atomic E-state index is 17.8. The molecular formula is C42H52BF2O12. The first-order chi connectivity index (χ1) is 26.6. The molecule has 309 valence electrons. The lowest BCUT2D eigenvalue weighted by atomic mass is 9.44. The number of carbonyl (C=O) groups is 4. The number of ketones is 4. The summed E-state index contributed by atoms with van der Waals surface area (Å²) in [6.07, 6.45) is 2.04. The van der Waals surface area contributed by atoms with Crippen LogP contribution < -0.4 is 0 Å². The van der Waals surface area contributed by atoms with Gasteiger partial charge in [-0.2, -0.15) is 0 Å². The molecule has 1 radical (unpaired) electrons. The topological polar surface area (TPSA) is 208 Å². The van der Waals surface area contributed by atoms with Crippen LogP contribution in [-0.2, 0) is 28.5 Å². The number of alkyl halides is 2. The zero-order chi connectivity index (χ0) is 41.5. The van der Waals surface area contributed by atoms with Gasteiger partial charge in [-0.15, -0.1) is 0 Å². The van der Waals surface area contributed by atoms with Crippen LogP contribution in [0.1, 0.15) is 79.1 Å². The summed E-state index contributed by atoms with van der Waals surface area (Å²) in [4.78, 5) is 51.7. The Morgan fingerprint density at radius 3 is 1.42 bits per heavy atom. The molecule has 0 saturated heterocycles. The third-order valence-electron chi connectivity index (χ3n) is 17.2. The quantitative estimate of drug-likeness (QED) is 0.195. The molecule has 0 aromatic carbocycles. The summed E-state index contributed by atoms with van der Waals surface area (Å²) in [5, 5.41) is 68.4. The van der Waals surface area contributed by atoms with Crippen molar-refractivity contribution in [3.8, 4) is 0 Å². The van der Waals surface area contributed by atoms with Gasteiger partial charge in [0.2, 0.25) is 0 Å². The Labute approximate surface area is 330 Å². The smallest absolute Gasteiger partial charge is 0.407 e. The van der Waals surface area contributed by atoms with Gasteiger partial charge in [-0.3, -0.25) is 19.2 Å². The van der Waals surface area contributed by atoms with Crippen LogP contribution in [0, 0.1) is 45.3 Å². The van der Waals surface area contributed by atoms with Gasteiger partial charge in [0.25, 0.3) is 0 Å². The summed E-state index contributed by atoms with van der Waals surface area (Å²) in [6, 6.07) is 0. The lowest BCUT2D eigenvalue weighted by Gasteiger charge is -2.62. The van der Waals surface area contributed by atoms with Gasteiger partial charge in [0, 0.05) is 33.5 Å². The molecule has 0 aromatic rings. The molecule has 8 aliphatic carbocycles. The van der Waals surface area contributed by atoms with E-state index in [0.717, 1.165) is 7.69 Å². The summed E-state index contributed by atoms with van der Waals surface area (Å²) >= 11 is 0. The van der Waals surface area contributed by atoms with E-state index < -0.39 is 117 Å². The second-order valence-corrected chi connectivity index (χ2v) is 19.0. The Hall–Kier alpha value is -2.76. The Bertz CT molecular complexity index is 1800. The van der Waals surface area contributed by atoms with Crippen molar-refractivity contribution < 1.29 is 67.9 Å². The molecule has 6 N–H and O–H groups in total. The first-order valence-corrected chi connectivity index (χ1v) is 20.1. The molecule has 0 aromatic heterocycles. The van der Waals surface area contributed by atoms with Gasteiger partial charge in [-0.05, 0) is 101 Å². The zero-order valence-electron chi connectivity index (χ0n) is 32.6. The van der Waals surface area contributed by atoms with E-state index in [0.29, 0.717) is 24.0 Å². The van der Waals surface area contributed by atoms with Gasteiger partial charge < -0.3 is 39.9 Å². The number of rotatable bonds is 8. The van der Waals surface area contributed by atoms with Gasteiger partial charge in [0.05, 0.1) is 24.4 Å². The Balaban J connectivity index is 1.09. The van der Waals surface area contributed by atoms with E-state index in [1.165, 1.54) is 36.5 Å². The second kappa shape index (κ2) is 12.9. The minimum Gasteiger partial charge on any atom is -0.407 e. The largest absolute Gasteiger partial charge is 0.488 e. The van der Waals surface area contributed by atoms with Crippen molar-refractivity contribution in [2.24, 2.45) is 45.3 Å². The van der Waals surface area contributed by atoms with Crippen LogP contribution in [0.15, 0.2) is 47.6 Å². The monoisotopic (exact) mass is 797 g/mol. The van der Waals surface area contributed by atoms with E-state index in [4.69, 9.17) is 9.31 Å².